The van der Waals surface area contributed by atoms with Gasteiger partial charge in [0, 0.05) is 12.1 Å². The monoisotopic (exact) mass is 196 g/mol. The highest BCUT2D eigenvalue weighted by atomic mass is 16.2. The second-order valence-corrected chi connectivity index (χ2v) is 5.51. The van der Waals surface area contributed by atoms with E-state index < -0.39 is 0 Å². The Morgan fingerprint density at radius 1 is 1.50 bits per heavy atom. The lowest BCUT2D eigenvalue weighted by molar-refractivity contribution is -0.139. The maximum atomic E-state index is 12.0. The molecule has 2 saturated carbocycles. The van der Waals surface area contributed by atoms with Crippen LogP contribution in [-0.4, -0.2) is 18.0 Å². The van der Waals surface area contributed by atoms with E-state index >= 15 is 0 Å². The quantitative estimate of drug-likeness (QED) is 0.708. The zero-order valence-corrected chi connectivity index (χ0v) is 9.10. The molecule has 2 rings (SSSR count). The van der Waals surface area contributed by atoms with Crippen molar-refractivity contribution in [3.05, 3.63) is 0 Å². The Hall–Kier alpha value is -0.570. The van der Waals surface area contributed by atoms with Crippen molar-refractivity contribution in [2.45, 2.75) is 45.1 Å². The zero-order chi connectivity index (χ0) is 10.4. The lowest BCUT2D eigenvalue weighted by Gasteiger charge is -2.44. The average molecular weight is 196 g/mol. The lowest BCUT2D eigenvalue weighted by Crippen LogP contribution is -2.55. The van der Waals surface area contributed by atoms with Crippen molar-refractivity contribution in [3.63, 3.8) is 0 Å². The summed E-state index contributed by atoms with van der Waals surface area (Å²) in [5.74, 6) is 0.856. The van der Waals surface area contributed by atoms with Gasteiger partial charge in [-0.3, -0.25) is 4.79 Å². The fraction of sp³-hybridized carbons (Fsp3) is 0.909. The Labute approximate surface area is 85.4 Å². The predicted molar refractivity (Wildman–Crippen MR) is 55.7 cm³/mol. The molecule has 0 atom stereocenters. The van der Waals surface area contributed by atoms with Crippen molar-refractivity contribution in [1.29, 1.82) is 0 Å². The topological polar surface area (TPSA) is 55.1 Å². The van der Waals surface area contributed by atoms with Crippen LogP contribution < -0.4 is 11.1 Å². The van der Waals surface area contributed by atoms with Crippen molar-refractivity contribution in [2.24, 2.45) is 17.1 Å². The third-order valence-electron chi connectivity index (χ3n) is 3.77. The Balaban J connectivity index is 1.95. The first-order valence-electron chi connectivity index (χ1n) is 5.52. The van der Waals surface area contributed by atoms with Gasteiger partial charge in [-0.15, -0.1) is 0 Å². The van der Waals surface area contributed by atoms with Gasteiger partial charge in [0.2, 0.25) is 5.91 Å². The molecule has 0 aromatic carbocycles. The smallest absolute Gasteiger partial charge is 0.227 e. The third-order valence-corrected chi connectivity index (χ3v) is 3.77. The maximum absolute atomic E-state index is 12.0. The summed E-state index contributed by atoms with van der Waals surface area (Å²) in [6.07, 6.45) is 4.17. The van der Waals surface area contributed by atoms with Gasteiger partial charge in [0.05, 0.1) is 5.41 Å². The van der Waals surface area contributed by atoms with Crippen molar-refractivity contribution in [2.75, 3.05) is 6.54 Å². The van der Waals surface area contributed by atoms with E-state index in [1.165, 1.54) is 0 Å². The molecule has 0 aliphatic heterocycles. The van der Waals surface area contributed by atoms with Crippen LogP contribution in [0.1, 0.15) is 39.5 Å². The van der Waals surface area contributed by atoms with Gasteiger partial charge in [-0.1, -0.05) is 6.92 Å². The second kappa shape index (κ2) is 2.96. The van der Waals surface area contributed by atoms with Crippen LogP contribution in [0.15, 0.2) is 0 Å². The molecule has 2 fully saturated rings. The van der Waals surface area contributed by atoms with Crippen LogP contribution in [0.3, 0.4) is 0 Å². The Kier molecular flexibility index (Phi) is 2.11. The van der Waals surface area contributed by atoms with Gasteiger partial charge in [0.1, 0.15) is 0 Å². The third kappa shape index (κ3) is 1.54. The van der Waals surface area contributed by atoms with E-state index in [0.717, 1.165) is 25.7 Å². The molecule has 0 saturated heterocycles. The summed E-state index contributed by atoms with van der Waals surface area (Å²) in [6, 6.07) is 0. The summed E-state index contributed by atoms with van der Waals surface area (Å²) >= 11 is 0. The highest BCUT2D eigenvalue weighted by Crippen LogP contribution is 2.46. The summed E-state index contributed by atoms with van der Waals surface area (Å²) in [4.78, 5) is 12.0. The van der Waals surface area contributed by atoms with Crippen LogP contribution in [0.25, 0.3) is 0 Å². The van der Waals surface area contributed by atoms with Gasteiger partial charge in [-0.05, 0) is 38.5 Å². The molecule has 2 aliphatic carbocycles. The zero-order valence-electron chi connectivity index (χ0n) is 9.10. The van der Waals surface area contributed by atoms with Crippen LogP contribution in [0.2, 0.25) is 0 Å². The average Bonchev–Trinajstić information content (AvgIpc) is 2.77. The molecule has 2 aliphatic rings. The van der Waals surface area contributed by atoms with Gasteiger partial charge in [-0.2, -0.15) is 0 Å². The van der Waals surface area contributed by atoms with Gasteiger partial charge in [-0.25, -0.2) is 0 Å². The minimum Gasteiger partial charge on any atom is -0.350 e. The van der Waals surface area contributed by atoms with E-state index in [1.807, 2.05) is 0 Å². The fourth-order valence-corrected chi connectivity index (χ4v) is 2.44. The van der Waals surface area contributed by atoms with Crippen LogP contribution >= 0.6 is 0 Å². The lowest BCUT2D eigenvalue weighted by atomic mass is 9.62. The first kappa shape index (κ1) is 9.97. The van der Waals surface area contributed by atoms with E-state index in [2.05, 4.69) is 19.2 Å². The molecule has 3 heteroatoms. The molecule has 0 bridgehead atoms. The van der Waals surface area contributed by atoms with Crippen molar-refractivity contribution >= 4 is 5.91 Å². The van der Waals surface area contributed by atoms with E-state index in [9.17, 15) is 4.79 Å². The molecule has 0 spiro atoms. The summed E-state index contributed by atoms with van der Waals surface area (Å²) in [6.45, 7) is 4.79. The number of rotatable bonds is 3. The molecular formula is C11H20N2O. The number of nitrogens with one attached hydrogen (secondary N) is 1. The first-order valence-corrected chi connectivity index (χ1v) is 5.52. The molecule has 0 aromatic heterocycles. The van der Waals surface area contributed by atoms with E-state index in [4.69, 9.17) is 5.73 Å². The highest BCUT2D eigenvalue weighted by molar-refractivity contribution is 5.85. The number of amides is 1. The van der Waals surface area contributed by atoms with Crippen LogP contribution in [-0.2, 0) is 4.79 Å². The van der Waals surface area contributed by atoms with Crippen LogP contribution in [0.4, 0.5) is 0 Å². The molecule has 3 N–H and O–H groups in total. The van der Waals surface area contributed by atoms with Gasteiger partial charge >= 0.3 is 0 Å². The van der Waals surface area contributed by atoms with Gasteiger partial charge < -0.3 is 11.1 Å². The Bertz CT molecular complexity index is 252. The Morgan fingerprint density at radius 2 is 2.07 bits per heavy atom. The number of hydrogen-bond acceptors (Lipinski definition) is 2. The number of hydrogen-bond donors (Lipinski definition) is 2. The number of nitrogens with two attached hydrogens (primary N) is 1. The van der Waals surface area contributed by atoms with E-state index in [-0.39, 0.29) is 16.9 Å². The minimum absolute atomic E-state index is 0.0953. The first-order chi connectivity index (χ1) is 6.50. The molecule has 14 heavy (non-hydrogen) atoms. The maximum Gasteiger partial charge on any atom is 0.227 e. The normalized spacial score (nSPS) is 38.6. The van der Waals surface area contributed by atoms with E-state index in [1.54, 1.807) is 0 Å². The number of carbonyl (C=O) groups excluding carboxylic acids is 1. The largest absolute Gasteiger partial charge is 0.350 e. The van der Waals surface area contributed by atoms with Gasteiger partial charge in [0.15, 0.2) is 0 Å². The van der Waals surface area contributed by atoms with Crippen molar-refractivity contribution in [3.8, 4) is 0 Å². The van der Waals surface area contributed by atoms with E-state index in [0.29, 0.717) is 12.5 Å². The van der Waals surface area contributed by atoms with Crippen LogP contribution in [0.5, 0.6) is 0 Å². The predicted octanol–water partition coefficient (Wildman–Crippen LogP) is 1.03. The summed E-state index contributed by atoms with van der Waals surface area (Å²) < 4.78 is 0. The molecule has 0 unspecified atom stereocenters. The SMILES string of the molecule is CC1CC(CN)(C(=O)NC2(C)CC2)C1. The highest BCUT2D eigenvalue weighted by Gasteiger charge is 2.50. The minimum atomic E-state index is -0.231. The molecule has 0 heterocycles. The van der Waals surface area contributed by atoms with Crippen LogP contribution in [0, 0.1) is 11.3 Å². The summed E-state index contributed by atoms with van der Waals surface area (Å²) in [5, 5.41) is 3.13. The Morgan fingerprint density at radius 3 is 2.43 bits per heavy atom. The second-order valence-electron chi connectivity index (χ2n) is 5.51. The molecule has 3 nitrogen and oxygen atoms in total. The fourth-order valence-electron chi connectivity index (χ4n) is 2.44. The molecule has 80 valence electrons. The summed E-state index contributed by atoms with van der Waals surface area (Å²) in [5.41, 5.74) is 5.57. The van der Waals surface area contributed by atoms with Gasteiger partial charge in [0.25, 0.3) is 0 Å². The number of carbonyl (C=O) groups is 1. The standard InChI is InChI=1S/C11H20N2O/c1-8-5-11(6-8,7-12)9(14)13-10(2)3-4-10/h8H,3-7,12H2,1-2H3,(H,13,14). The molecule has 0 aromatic rings. The molecule has 0 radical (unpaired) electrons. The molecule has 1 amide bonds. The molecular weight excluding hydrogens is 176 g/mol. The van der Waals surface area contributed by atoms with Crippen molar-refractivity contribution < 1.29 is 4.79 Å². The van der Waals surface area contributed by atoms with Crippen molar-refractivity contribution in [1.82, 2.24) is 5.32 Å². The summed E-state index contributed by atoms with van der Waals surface area (Å²) in [7, 11) is 0.